The molecule has 0 aliphatic heterocycles. The Kier molecular flexibility index (Phi) is 4.57. The number of nitroso groups, excluding NO2 is 1. The summed E-state index contributed by atoms with van der Waals surface area (Å²) in [6, 6.07) is 8.05. The van der Waals surface area contributed by atoms with Gasteiger partial charge in [0.05, 0.1) is 24.5 Å². The van der Waals surface area contributed by atoms with Crippen LogP contribution in [0.5, 0.6) is 0 Å². The molecule has 2 N–H and O–H groups in total. The number of aromatic amines is 1. The molecule has 0 saturated heterocycles. The largest absolute Gasteiger partial charge is 0.364 e. The summed E-state index contributed by atoms with van der Waals surface area (Å²) in [6.45, 7) is 0. The molecule has 10 heteroatoms. The normalized spacial score (nSPS) is 10.4. The van der Waals surface area contributed by atoms with E-state index < -0.39 is 0 Å². The first-order valence-electron chi connectivity index (χ1n) is 6.81. The van der Waals surface area contributed by atoms with Crippen molar-refractivity contribution >= 4 is 29.0 Å². The van der Waals surface area contributed by atoms with Crippen LogP contribution in [0.15, 0.2) is 58.0 Å². The zero-order valence-electron chi connectivity index (χ0n) is 12.5. The molecule has 0 fully saturated rings. The standard InChI is InChI=1S/C14H11N7O2S/c1-21-14(17-19-20-21)24-12-5-4-9(18-23)7-11(12)13(22)16-10-3-2-6-15-8-10/h2-8H,1H3,(H,16,22)/p+1. The number of aromatic nitrogens is 5. The molecule has 0 unspecified atom stereocenters. The maximum absolute atomic E-state index is 12.6. The van der Waals surface area contributed by atoms with Gasteiger partial charge < -0.3 is 5.32 Å². The van der Waals surface area contributed by atoms with E-state index in [1.165, 1.54) is 30.1 Å². The van der Waals surface area contributed by atoms with E-state index in [1.54, 1.807) is 36.1 Å². The summed E-state index contributed by atoms with van der Waals surface area (Å²) in [4.78, 5) is 27.9. The Morgan fingerprint density at radius 1 is 1.38 bits per heavy atom. The van der Waals surface area contributed by atoms with Crippen LogP contribution in [0.25, 0.3) is 0 Å². The number of hydrogen-bond acceptors (Lipinski definition) is 7. The van der Waals surface area contributed by atoms with Gasteiger partial charge in [-0.15, -0.1) is 4.91 Å². The molecular formula is C14H12N7O2S+. The zero-order chi connectivity index (χ0) is 16.9. The van der Waals surface area contributed by atoms with Crippen molar-refractivity contribution in [2.45, 2.75) is 10.1 Å². The van der Waals surface area contributed by atoms with E-state index in [9.17, 15) is 9.70 Å². The minimum atomic E-state index is -0.373. The zero-order valence-corrected chi connectivity index (χ0v) is 13.3. The number of nitrogens with zero attached hydrogens (tertiary/aromatic N) is 5. The molecule has 1 amide bonds. The van der Waals surface area contributed by atoms with Crippen LogP contribution in [0.4, 0.5) is 11.4 Å². The lowest BCUT2D eigenvalue weighted by Gasteiger charge is -2.08. The second kappa shape index (κ2) is 6.96. The molecule has 0 radical (unpaired) electrons. The number of hydrogen-bond donors (Lipinski definition) is 2. The van der Waals surface area contributed by atoms with Gasteiger partial charge in [-0.25, -0.2) is 0 Å². The van der Waals surface area contributed by atoms with Crippen molar-refractivity contribution in [2.24, 2.45) is 12.2 Å². The third-order valence-electron chi connectivity index (χ3n) is 3.05. The van der Waals surface area contributed by atoms with Crippen molar-refractivity contribution < 1.29 is 9.48 Å². The van der Waals surface area contributed by atoms with Crippen LogP contribution in [0.2, 0.25) is 0 Å². The van der Waals surface area contributed by atoms with E-state index in [1.807, 2.05) is 0 Å². The Hall–Kier alpha value is -3.14. The van der Waals surface area contributed by atoms with Crippen LogP contribution in [0.1, 0.15) is 10.4 Å². The molecule has 0 saturated carbocycles. The smallest absolute Gasteiger partial charge is 0.321 e. The molecule has 0 spiro atoms. The molecule has 0 bridgehead atoms. The highest BCUT2D eigenvalue weighted by Gasteiger charge is 2.19. The molecule has 2 heterocycles. The first-order valence-corrected chi connectivity index (χ1v) is 7.63. The van der Waals surface area contributed by atoms with Crippen molar-refractivity contribution in [1.29, 1.82) is 0 Å². The molecule has 1 aromatic carbocycles. The summed E-state index contributed by atoms with van der Waals surface area (Å²) < 4.78 is 1.61. The van der Waals surface area contributed by atoms with Crippen LogP contribution >= 0.6 is 11.8 Å². The molecule has 24 heavy (non-hydrogen) atoms. The van der Waals surface area contributed by atoms with Crippen LogP contribution in [-0.4, -0.2) is 26.4 Å². The number of benzene rings is 1. The second-order valence-corrected chi connectivity index (χ2v) is 5.72. The molecule has 120 valence electrons. The van der Waals surface area contributed by atoms with Gasteiger partial charge in [-0.2, -0.15) is 4.68 Å². The Morgan fingerprint density at radius 3 is 2.92 bits per heavy atom. The van der Waals surface area contributed by atoms with Crippen molar-refractivity contribution in [3.05, 3.63) is 53.2 Å². The summed E-state index contributed by atoms with van der Waals surface area (Å²) in [5, 5.41) is 16.5. The number of anilines is 1. The van der Waals surface area contributed by atoms with E-state index in [2.05, 4.69) is 31.0 Å². The van der Waals surface area contributed by atoms with Gasteiger partial charge in [0.1, 0.15) is 10.8 Å². The molecule has 0 atom stereocenters. The molecule has 9 nitrogen and oxygen atoms in total. The van der Waals surface area contributed by atoms with Crippen molar-refractivity contribution in [2.75, 3.05) is 5.32 Å². The lowest BCUT2D eigenvalue weighted by atomic mass is 10.2. The van der Waals surface area contributed by atoms with Gasteiger partial charge in [0.15, 0.2) is 5.21 Å². The van der Waals surface area contributed by atoms with E-state index in [0.29, 0.717) is 21.3 Å². The van der Waals surface area contributed by atoms with Crippen molar-refractivity contribution in [3.8, 4) is 0 Å². The van der Waals surface area contributed by atoms with Gasteiger partial charge in [-0.05, 0) is 47.3 Å². The second-order valence-electron chi connectivity index (χ2n) is 4.71. The Balaban J connectivity index is 1.93. The first kappa shape index (κ1) is 15.7. The fourth-order valence-corrected chi connectivity index (χ4v) is 2.76. The van der Waals surface area contributed by atoms with Crippen molar-refractivity contribution in [1.82, 2.24) is 20.5 Å². The molecule has 0 aliphatic carbocycles. The van der Waals surface area contributed by atoms with Gasteiger partial charge in [0.25, 0.3) is 5.91 Å². The maximum Gasteiger partial charge on any atom is 0.364 e. The third-order valence-corrected chi connectivity index (χ3v) is 4.17. The Morgan fingerprint density at radius 2 is 2.25 bits per heavy atom. The van der Waals surface area contributed by atoms with Gasteiger partial charge in [-0.3, -0.25) is 9.78 Å². The molecule has 3 aromatic rings. The summed E-state index contributed by atoms with van der Waals surface area (Å²) >= 11 is 1.24. The average molecular weight is 342 g/mol. The number of rotatable bonds is 5. The van der Waals surface area contributed by atoms with Crippen LogP contribution in [0, 0.1) is 4.91 Å². The number of pyridine rings is 1. The Labute approximate surface area is 140 Å². The predicted molar refractivity (Wildman–Crippen MR) is 85.8 cm³/mol. The minimum Gasteiger partial charge on any atom is -0.321 e. The summed E-state index contributed by atoms with van der Waals surface area (Å²) in [6.07, 6.45) is 3.14. The lowest BCUT2D eigenvalue weighted by Crippen LogP contribution is -2.32. The summed E-state index contributed by atoms with van der Waals surface area (Å²) in [5.74, 6) is -0.373. The molecule has 3 rings (SSSR count). The fourth-order valence-electron chi connectivity index (χ4n) is 1.91. The number of nitrogens with one attached hydrogen (secondary N) is 2. The number of carbonyl (C=O) groups excluding carboxylic acids is 1. The third kappa shape index (κ3) is 3.43. The van der Waals surface area contributed by atoms with Crippen LogP contribution < -0.4 is 10.00 Å². The van der Waals surface area contributed by atoms with Gasteiger partial charge in [-0.1, -0.05) is 5.21 Å². The van der Waals surface area contributed by atoms with Crippen molar-refractivity contribution in [3.63, 3.8) is 0 Å². The van der Waals surface area contributed by atoms with E-state index in [0.717, 1.165) is 0 Å². The monoisotopic (exact) mass is 342 g/mol. The highest BCUT2D eigenvalue weighted by molar-refractivity contribution is 7.99. The van der Waals surface area contributed by atoms with Gasteiger partial charge >= 0.3 is 5.16 Å². The topological polar surface area (TPSA) is 117 Å². The van der Waals surface area contributed by atoms with E-state index in [-0.39, 0.29) is 11.6 Å². The van der Waals surface area contributed by atoms with E-state index in [4.69, 9.17) is 0 Å². The predicted octanol–water partition coefficient (Wildman–Crippen LogP) is 1.83. The van der Waals surface area contributed by atoms with Crippen LogP contribution in [0.3, 0.4) is 0 Å². The number of carbonyl (C=O) groups is 1. The Bertz CT molecular complexity index is 882. The lowest BCUT2D eigenvalue weighted by molar-refractivity contribution is -0.765. The summed E-state index contributed by atoms with van der Waals surface area (Å²) in [7, 11) is 1.75. The fraction of sp³-hybridized carbons (Fsp3) is 0.0714. The number of aryl methyl sites for hydroxylation is 1. The number of tetrazole rings is 1. The van der Waals surface area contributed by atoms with Crippen LogP contribution in [-0.2, 0) is 7.05 Å². The minimum absolute atomic E-state index is 0.167. The SMILES string of the molecule is C[n+]1[nH]nnc1Sc1ccc(N=O)cc1C(=O)Nc1cccnc1. The number of amides is 1. The number of H-pyrrole nitrogens is 1. The molecular weight excluding hydrogens is 330 g/mol. The molecule has 2 aromatic heterocycles. The highest BCUT2D eigenvalue weighted by Crippen LogP contribution is 2.30. The summed E-state index contributed by atoms with van der Waals surface area (Å²) in [5.41, 5.74) is 1.03. The van der Waals surface area contributed by atoms with E-state index >= 15 is 0 Å². The van der Waals surface area contributed by atoms with Gasteiger partial charge in [0, 0.05) is 11.1 Å². The highest BCUT2D eigenvalue weighted by atomic mass is 32.2. The average Bonchev–Trinajstić information content (AvgIpc) is 3.01. The quantitative estimate of drug-likeness (QED) is 0.539. The maximum atomic E-state index is 12.6. The van der Waals surface area contributed by atoms with Gasteiger partial charge in [0.2, 0.25) is 0 Å². The first-order chi connectivity index (χ1) is 11.7. The molecule has 0 aliphatic rings.